The van der Waals surface area contributed by atoms with Gasteiger partial charge in [0.05, 0.1) is 18.6 Å². The fourth-order valence-electron chi connectivity index (χ4n) is 12.2. The smallest absolute Gasteiger partial charge is 0.331 e. The van der Waals surface area contributed by atoms with Gasteiger partial charge in [0.2, 0.25) is 0 Å². The summed E-state index contributed by atoms with van der Waals surface area (Å²) < 4.78 is 11.3. The molecule has 0 spiro atoms. The highest BCUT2D eigenvalue weighted by Gasteiger charge is 2.70. The number of allylic oxidation sites excluding steroid dienone is 2. The number of ether oxygens (including phenoxy) is 2. The van der Waals surface area contributed by atoms with E-state index in [0.29, 0.717) is 35.5 Å². The second-order valence-corrected chi connectivity index (χ2v) is 17.3. The highest BCUT2D eigenvalue weighted by atomic mass is 16.6. The van der Waals surface area contributed by atoms with Crippen molar-refractivity contribution in [3.63, 3.8) is 0 Å². The molecule has 258 valence electrons. The van der Waals surface area contributed by atoms with Crippen LogP contribution in [-0.4, -0.2) is 46.6 Å². The third kappa shape index (κ3) is 4.83. The zero-order chi connectivity index (χ0) is 34.3. The van der Waals surface area contributed by atoms with Crippen LogP contribution in [0.15, 0.2) is 35.9 Å². The topological polar surface area (TPSA) is 113 Å². The molecule has 3 N–H and O–H groups in total. The molecule has 4 saturated carbocycles. The summed E-state index contributed by atoms with van der Waals surface area (Å²) in [6.07, 6.45) is 10.9. The second kappa shape index (κ2) is 11.4. The van der Waals surface area contributed by atoms with E-state index in [0.717, 1.165) is 44.9 Å². The first kappa shape index (κ1) is 34.1. The third-order valence-corrected chi connectivity index (χ3v) is 15.2. The third-order valence-electron chi connectivity index (χ3n) is 15.2. The summed E-state index contributed by atoms with van der Waals surface area (Å²) in [7, 11) is 1.48. The minimum Gasteiger partial charge on any atom is -0.504 e. The molecular weight excluding hydrogens is 592 g/mol. The number of methoxy groups -OCH3 is 1. The van der Waals surface area contributed by atoms with Crippen molar-refractivity contribution in [3.05, 3.63) is 41.5 Å². The number of aliphatic carboxylic acids is 1. The molecule has 0 saturated heterocycles. The number of aliphatic hydroxyl groups is 1. The van der Waals surface area contributed by atoms with E-state index in [1.54, 1.807) is 18.2 Å². The summed E-state index contributed by atoms with van der Waals surface area (Å²) in [6, 6.07) is 4.87. The van der Waals surface area contributed by atoms with E-state index < -0.39 is 35.0 Å². The van der Waals surface area contributed by atoms with Crippen molar-refractivity contribution >= 4 is 18.0 Å². The number of carbonyl (C=O) groups excluding carboxylic acids is 1. The van der Waals surface area contributed by atoms with Crippen molar-refractivity contribution in [1.82, 2.24) is 0 Å². The first-order valence-electron chi connectivity index (χ1n) is 17.8. The number of phenolic OH excluding ortho intramolecular Hbond substituents is 1. The minimum absolute atomic E-state index is 0.0258. The largest absolute Gasteiger partial charge is 0.504 e. The number of esters is 1. The zero-order valence-electron chi connectivity index (χ0n) is 29.6. The maximum Gasteiger partial charge on any atom is 0.331 e. The van der Waals surface area contributed by atoms with Crippen LogP contribution in [0.5, 0.6) is 11.5 Å². The van der Waals surface area contributed by atoms with Crippen LogP contribution in [0.4, 0.5) is 0 Å². The maximum atomic E-state index is 13.2. The van der Waals surface area contributed by atoms with Crippen molar-refractivity contribution in [3.8, 4) is 11.5 Å². The highest BCUT2D eigenvalue weighted by molar-refractivity contribution is 5.87. The Bertz CT molecular complexity index is 1490. The number of hydrogen-bond acceptors (Lipinski definition) is 6. The predicted octanol–water partition coefficient (Wildman–Crippen LogP) is 8.04. The van der Waals surface area contributed by atoms with Crippen molar-refractivity contribution in [2.24, 2.45) is 56.7 Å². The summed E-state index contributed by atoms with van der Waals surface area (Å²) in [5.74, 6) is 0.670. The lowest BCUT2D eigenvalue weighted by Crippen LogP contribution is -2.67. The number of phenols is 1. The second-order valence-electron chi connectivity index (χ2n) is 17.3. The first-order chi connectivity index (χ1) is 22.0. The van der Waals surface area contributed by atoms with Gasteiger partial charge in [0.15, 0.2) is 11.5 Å². The van der Waals surface area contributed by atoms with Crippen molar-refractivity contribution < 1.29 is 34.4 Å². The van der Waals surface area contributed by atoms with Gasteiger partial charge in [0.1, 0.15) is 6.10 Å². The number of fused-ring (bicyclic) bond motifs is 7. The van der Waals surface area contributed by atoms with E-state index >= 15 is 0 Å². The fourth-order valence-corrected chi connectivity index (χ4v) is 12.2. The van der Waals surface area contributed by atoms with Gasteiger partial charge in [-0.15, -0.1) is 0 Å². The molecule has 47 heavy (non-hydrogen) atoms. The molecule has 0 bridgehead atoms. The van der Waals surface area contributed by atoms with Gasteiger partial charge in [-0.2, -0.15) is 0 Å². The van der Waals surface area contributed by atoms with Gasteiger partial charge in [-0.3, -0.25) is 4.79 Å². The monoisotopic (exact) mass is 648 g/mol. The minimum atomic E-state index is -0.795. The Morgan fingerprint density at radius 1 is 0.979 bits per heavy atom. The molecule has 6 rings (SSSR count). The number of benzene rings is 1. The van der Waals surface area contributed by atoms with Gasteiger partial charge in [0, 0.05) is 6.08 Å². The van der Waals surface area contributed by atoms with Gasteiger partial charge in [-0.05, 0) is 126 Å². The molecule has 4 fully saturated rings. The summed E-state index contributed by atoms with van der Waals surface area (Å²) in [5.41, 5.74) is 0.618. The van der Waals surface area contributed by atoms with Gasteiger partial charge >= 0.3 is 11.9 Å². The van der Waals surface area contributed by atoms with Gasteiger partial charge in [-0.25, -0.2) is 4.79 Å². The van der Waals surface area contributed by atoms with Gasteiger partial charge < -0.3 is 24.8 Å². The maximum absolute atomic E-state index is 13.2. The summed E-state index contributed by atoms with van der Waals surface area (Å²) in [5, 5.41) is 32.4. The Hall–Kier alpha value is -2.80. The quantitative estimate of drug-likeness (QED) is 0.168. The molecule has 0 aromatic heterocycles. The van der Waals surface area contributed by atoms with Crippen LogP contribution >= 0.6 is 0 Å². The molecule has 0 aliphatic heterocycles. The average Bonchev–Trinajstić information content (AvgIpc) is 3.01. The van der Waals surface area contributed by atoms with Crippen molar-refractivity contribution in [1.29, 1.82) is 0 Å². The molecule has 0 amide bonds. The number of aliphatic hydroxyl groups excluding tert-OH is 1. The molecule has 0 heterocycles. The van der Waals surface area contributed by atoms with Crippen LogP contribution < -0.4 is 4.74 Å². The summed E-state index contributed by atoms with van der Waals surface area (Å²) >= 11 is 0. The van der Waals surface area contributed by atoms with E-state index in [-0.39, 0.29) is 33.8 Å². The van der Waals surface area contributed by atoms with Crippen LogP contribution in [0.1, 0.15) is 105 Å². The lowest BCUT2D eigenvalue weighted by Gasteiger charge is -2.71. The Balaban J connectivity index is 1.32. The number of carboxylic acids is 1. The molecule has 0 radical (unpaired) electrons. The Labute approximate surface area is 280 Å². The van der Waals surface area contributed by atoms with E-state index in [4.69, 9.17) is 9.47 Å². The molecule has 7 nitrogen and oxygen atoms in total. The zero-order valence-corrected chi connectivity index (χ0v) is 29.6. The van der Waals surface area contributed by atoms with E-state index in [9.17, 15) is 24.9 Å². The predicted molar refractivity (Wildman–Crippen MR) is 182 cm³/mol. The number of carboxylic acid groups (broad SMARTS) is 1. The molecule has 5 aliphatic carbocycles. The molecule has 7 heteroatoms. The van der Waals surface area contributed by atoms with Crippen LogP contribution in [0.25, 0.3) is 6.08 Å². The van der Waals surface area contributed by atoms with Crippen molar-refractivity contribution in [2.45, 2.75) is 112 Å². The first-order valence-corrected chi connectivity index (χ1v) is 17.8. The number of hydrogen-bond donors (Lipinski definition) is 3. The van der Waals surface area contributed by atoms with Gasteiger partial charge in [-0.1, -0.05) is 66.2 Å². The SMILES string of the molecule is COc1cc(/C=C/C(=O)O[C@@H]2C[C@]3(C)[C@H]4CC=C5[C@@H]6[C@@H](C)[C@H](C)CC[C@]6(C(=O)O)CC[C@@]5(C)[C@]4(C)CC[C@H]3C(C)(C)[C@@H]2O)ccc1O. The molecule has 1 aromatic carbocycles. The number of carbonyl (C=O) groups is 2. The Morgan fingerprint density at radius 2 is 1.70 bits per heavy atom. The lowest BCUT2D eigenvalue weighted by atomic mass is 9.33. The van der Waals surface area contributed by atoms with Crippen LogP contribution in [0.2, 0.25) is 0 Å². The lowest BCUT2D eigenvalue weighted by molar-refractivity contribution is -0.237. The molecule has 0 unspecified atom stereocenters. The van der Waals surface area contributed by atoms with E-state index in [1.165, 1.54) is 24.8 Å². The number of rotatable bonds is 5. The summed E-state index contributed by atoms with van der Waals surface area (Å²) in [4.78, 5) is 26.3. The highest BCUT2D eigenvalue weighted by Crippen LogP contribution is 2.75. The van der Waals surface area contributed by atoms with Gasteiger partial charge in [0.25, 0.3) is 0 Å². The normalized spacial score (nSPS) is 43.9. The fraction of sp³-hybridized carbons (Fsp3) is 0.700. The molecular formula is C40H56O7. The molecule has 5 aliphatic rings. The van der Waals surface area contributed by atoms with E-state index in [1.807, 2.05) is 0 Å². The Morgan fingerprint density at radius 3 is 2.38 bits per heavy atom. The molecule has 11 atom stereocenters. The van der Waals surface area contributed by atoms with Crippen molar-refractivity contribution in [2.75, 3.05) is 7.11 Å². The number of aromatic hydroxyl groups is 1. The standard InChI is InChI=1S/C40H56O7/c1-23-15-18-40(35(44)45)20-19-38(6)26(33(40)24(23)2)11-13-31-37(5)22-29(34(43)36(3,4)30(37)16-17-39(31,38)7)47-32(42)14-10-25-9-12-27(41)28(21-25)46-8/h9-12,14,21,23-24,29-31,33-34,41,43H,13,15-20,22H2,1-8H3,(H,44,45)/b14-10+/t23-,24+,29-,30+,31-,33+,34-,37+,38-,39-,40+/m1/s1. The van der Waals surface area contributed by atoms with Crippen LogP contribution in [0.3, 0.4) is 0 Å². The van der Waals surface area contributed by atoms with Crippen LogP contribution in [-0.2, 0) is 14.3 Å². The van der Waals surface area contributed by atoms with E-state index in [2.05, 4.69) is 54.5 Å². The summed E-state index contributed by atoms with van der Waals surface area (Å²) in [6.45, 7) is 16.2. The van der Waals surface area contributed by atoms with Crippen LogP contribution in [0, 0.1) is 56.7 Å². The molecule has 1 aromatic rings. The average molecular weight is 649 g/mol. The Kier molecular flexibility index (Phi) is 8.26.